The summed E-state index contributed by atoms with van der Waals surface area (Å²) in [5, 5.41) is 0. The average molecular weight is 290 g/mol. The van der Waals surface area contributed by atoms with Crippen molar-refractivity contribution in [1.29, 1.82) is 0 Å². The second kappa shape index (κ2) is 22.4. The van der Waals surface area contributed by atoms with E-state index in [1.165, 1.54) is 0 Å². The third-order valence-corrected chi connectivity index (χ3v) is 0. The first-order valence-electron chi connectivity index (χ1n) is 0.698. The second-order valence-corrected chi connectivity index (χ2v) is 2.33. The first kappa shape index (κ1) is 64.2. The van der Waals surface area contributed by atoms with Gasteiger partial charge >= 0.3 is 29.4 Å². The van der Waals surface area contributed by atoms with E-state index < -0.39 is 13.4 Å². The van der Waals surface area contributed by atoms with Gasteiger partial charge in [-0.05, 0) is 0 Å². The van der Waals surface area contributed by atoms with Gasteiger partial charge in [-0.15, -0.1) is 0 Å². The van der Waals surface area contributed by atoms with Crippen molar-refractivity contribution in [2.45, 2.75) is 0 Å². The van der Waals surface area contributed by atoms with Gasteiger partial charge in [0, 0.05) is 17.1 Å². The summed E-state index contributed by atoms with van der Waals surface area (Å²) in [6, 6.07) is 0. The summed E-state index contributed by atoms with van der Waals surface area (Å²) in [5.41, 5.74) is 0. The second-order valence-electron chi connectivity index (χ2n) is 0.448. The molecule has 0 amide bonds. The standard InChI is InChI=1S/Mn.H2O4Se.5H2O/c;1-5(2,3)4;;;;;/h;(H2,1,2,3,4);5*1H2. The third kappa shape index (κ3) is 5620. The van der Waals surface area contributed by atoms with Crippen LogP contribution >= 0.6 is 0 Å². The zero-order valence-corrected chi connectivity index (χ0v) is 7.89. The van der Waals surface area contributed by atoms with Crippen molar-refractivity contribution in [3.8, 4) is 0 Å². The van der Waals surface area contributed by atoms with E-state index in [0.717, 1.165) is 0 Å². The van der Waals surface area contributed by atoms with Crippen molar-refractivity contribution < 1.29 is 60.5 Å². The largest absolute Gasteiger partial charge is 0 e. The summed E-state index contributed by atoms with van der Waals surface area (Å²) < 4.78 is 31.9. The molecule has 0 spiro atoms. The molecule has 0 aromatic heterocycles. The van der Waals surface area contributed by atoms with Crippen LogP contribution in [0.2, 0.25) is 0 Å². The van der Waals surface area contributed by atoms with E-state index in [1.54, 1.807) is 0 Å². The molecule has 0 bridgehead atoms. The fourth-order valence-corrected chi connectivity index (χ4v) is 0. The van der Waals surface area contributed by atoms with Crippen LogP contribution in [0.15, 0.2) is 0 Å². The molecule has 0 aliphatic carbocycles. The molecule has 0 saturated carbocycles. The Morgan fingerprint density at radius 3 is 0.727 bits per heavy atom. The molecule has 11 heavy (non-hydrogen) atoms. The van der Waals surface area contributed by atoms with Crippen LogP contribution in [0.25, 0.3) is 0 Å². The molecule has 11 heteroatoms. The van der Waals surface area contributed by atoms with Crippen LogP contribution in [0, 0.1) is 0 Å². The molecule has 0 rings (SSSR count). The van der Waals surface area contributed by atoms with E-state index in [1.807, 2.05) is 0 Å². The van der Waals surface area contributed by atoms with Crippen LogP contribution in [-0.2, 0) is 24.7 Å². The summed E-state index contributed by atoms with van der Waals surface area (Å²) in [4.78, 5) is 0. The molecule has 0 unspecified atom stereocenters. The van der Waals surface area contributed by atoms with Crippen LogP contribution in [0.3, 0.4) is 0 Å². The SMILES string of the molecule is O.O.O.O.O.O=[Se](=O)(O)O.[Mn]. The molecule has 12 N–H and O–H groups in total. The minimum Gasteiger partial charge on any atom is 0 e. The molecule has 9 nitrogen and oxygen atoms in total. The normalized spacial score (nSPS) is 5.27. The Hall–Kier alpha value is 0.359. The van der Waals surface area contributed by atoms with Gasteiger partial charge in [-0.25, -0.2) is 0 Å². The molecular weight excluding hydrogens is 278 g/mol. The van der Waals surface area contributed by atoms with Gasteiger partial charge in [-0.2, -0.15) is 0 Å². The van der Waals surface area contributed by atoms with Gasteiger partial charge in [0.1, 0.15) is 0 Å². The maximum atomic E-state index is 8.82. The Morgan fingerprint density at radius 1 is 0.727 bits per heavy atom. The summed E-state index contributed by atoms with van der Waals surface area (Å²) in [6.45, 7) is 0. The molecule has 0 fully saturated rings. The van der Waals surface area contributed by atoms with Crippen molar-refractivity contribution in [3.05, 3.63) is 0 Å². The average Bonchev–Trinajstić information content (AvgIpc) is 0.722. The fraction of sp³-hybridized carbons (Fsp3) is 0. The number of hydrogen-bond acceptors (Lipinski definition) is 2. The van der Waals surface area contributed by atoms with Gasteiger partial charge in [0.25, 0.3) is 0 Å². The summed E-state index contributed by atoms with van der Waals surface area (Å²) >= 11 is -5.25. The van der Waals surface area contributed by atoms with Crippen molar-refractivity contribution in [1.82, 2.24) is 0 Å². The Balaban J connectivity index is -0.00000000533. The topological polar surface area (TPSA) is 232 Å². The molecular formula is H12MnO9Se. The van der Waals surface area contributed by atoms with Crippen LogP contribution in [0.1, 0.15) is 0 Å². The molecule has 0 saturated heterocycles. The molecule has 1 radical (unpaired) electrons. The maximum absolute atomic E-state index is 8.82. The van der Waals surface area contributed by atoms with Gasteiger partial charge < -0.3 is 27.4 Å². The molecule has 79 valence electrons. The van der Waals surface area contributed by atoms with E-state index in [0.29, 0.717) is 0 Å². The first-order valence-corrected chi connectivity index (χ1v) is 3.63. The van der Waals surface area contributed by atoms with Gasteiger partial charge in [0.15, 0.2) is 0 Å². The van der Waals surface area contributed by atoms with Crippen molar-refractivity contribution in [3.63, 3.8) is 0 Å². The zero-order valence-electron chi connectivity index (χ0n) is 5.00. The monoisotopic (exact) mass is 291 g/mol. The molecule has 0 heterocycles. The Kier molecular flexibility index (Phi) is 131. The minimum atomic E-state index is -5.25. The number of rotatable bonds is 0. The Morgan fingerprint density at radius 2 is 0.727 bits per heavy atom. The predicted molar refractivity (Wildman–Crippen MR) is 29.6 cm³/mol. The summed E-state index contributed by atoms with van der Waals surface area (Å²) in [7, 11) is 0. The van der Waals surface area contributed by atoms with Crippen LogP contribution in [0.4, 0.5) is 0 Å². The van der Waals surface area contributed by atoms with Gasteiger partial charge in [0.2, 0.25) is 0 Å². The quantitative estimate of drug-likeness (QED) is 0.414. The van der Waals surface area contributed by atoms with E-state index in [-0.39, 0.29) is 44.4 Å². The zero-order chi connectivity index (χ0) is 4.50. The van der Waals surface area contributed by atoms with E-state index in [2.05, 4.69) is 0 Å². The molecule has 0 aliphatic heterocycles. The van der Waals surface area contributed by atoms with Crippen molar-refractivity contribution in [2.75, 3.05) is 0 Å². The van der Waals surface area contributed by atoms with Crippen molar-refractivity contribution in [2.24, 2.45) is 0 Å². The van der Waals surface area contributed by atoms with E-state index in [4.69, 9.17) is 16.0 Å². The van der Waals surface area contributed by atoms with Crippen LogP contribution < -0.4 is 0 Å². The summed E-state index contributed by atoms with van der Waals surface area (Å²) in [5.74, 6) is 0. The minimum absolute atomic E-state index is 0. The first-order chi connectivity index (χ1) is 2.00. The van der Waals surface area contributed by atoms with Crippen LogP contribution in [0.5, 0.6) is 0 Å². The molecule has 0 aromatic carbocycles. The maximum Gasteiger partial charge on any atom is 0 e. The Labute approximate surface area is 74.3 Å². The van der Waals surface area contributed by atoms with E-state index >= 15 is 0 Å². The Bertz CT molecular complexity index is 92.7. The van der Waals surface area contributed by atoms with Crippen LogP contribution in [-0.4, -0.2) is 49.1 Å². The van der Waals surface area contributed by atoms with Gasteiger partial charge in [-0.3, -0.25) is 0 Å². The van der Waals surface area contributed by atoms with Crippen molar-refractivity contribution >= 4 is 13.4 Å². The van der Waals surface area contributed by atoms with Gasteiger partial charge in [0.05, 0.1) is 0 Å². The smallest absolute Gasteiger partial charge is 0 e. The van der Waals surface area contributed by atoms with Gasteiger partial charge in [-0.1, -0.05) is 0 Å². The summed E-state index contributed by atoms with van der Waals surface area (Å²) in [6.07, 6.45) is 0. The number of hydrogen-bond donors (Lipinski definition) is 2. The third-order valence-electron chi connectivity index (χ3n) is 0. The molecule has 0 atom stereocenters. The van der Waals surface area contributed by atoms with E-state index in [9.17, 15) is 0 Å². The molecule has 0 aliphatic rings. The predicted octanol–water partition coefficient (Wildman–Crippen LogP) is -5.86. The fourth-order valence-electron chi connectivity index (χ4n) is 0. The molecule has 0 aromatic rings.